The number of carbonyl (C=O) groups is 2. The van der Waals surface area contributed by atoms with Gasteiger partial charge in [0.2, 0.25) is 0 Å². The Hall–Kier alpha value is -2.96. The van der Waals surface area contributed by atoms with E-state index < -0.39 is 0 Å². The molecule has 0 radical (unpaired) electrons. The van der Waals surface area contributed by atoms with E-state index in [0.29, 0.717) is 23.5 Å². The average molecular weight is 393 g/mol. The SMILES string of the molecule is CCNC(=O)c1ccc(-n2nnc(C(=O)NC3CC3)c2C=C2CCCCC2)cc1. The second kappa shape index (κ2) is 8.59. The Labute approximate surface area is 170 Å². The molecule has 1 aromatic heterocycles. The van der Waals surface area contributed by atoms with E-state index in [-0.39, 0.29) is 17.9 Å². The van der Waals surface area contributed by atoms with Gasteiger partial charge in [0.1, 0.15) is 5.69 Å². The van der Waals surface area contributed by atoms with Gasteiger partial charge in [0.25, 0.3) is 11.8 Å². The molecule has 2 fully saturated rings. The van der Waals surface area contributed by atoms with Crippen LogP contribution in [0.5, 0.6) is 0 Å². The van der Waals surface area contributed by atoms with Gasteiger partial charge in [-0.15, -0.1) is 5.10 Å². The summed E-state index contributed by atoms with van der Waals surface area (Å²) in [7, 11) is 0. The molecular weight excluding hydrogens is 366 g/mol. The van der Waals surface area contributed by atoms with Crippen molar-refractivity contribution in [2.24, 2.45) is 0 Å². The fourth-order valence-electron chi connectivity index (χ4n) is 3.61. The van der Waals surface area contributed by atoms with E-state index in [1.165, 1.54) is 24.8 Å². The number of hydrogen-bond donors (Lipinski definition) is 2. The van der Waals surface area contributed by atoms with Crippen LogP contribution >= 0.6 is 0 Å². The molecule has 0 unspecified atom stereocenters. The maximum Gasteiger partial charge on any atom is 0.274 e. The van der Waals surface area contributed by atoms with Crippen LogP contribution in [0, 0.1) is 0 Å². The van der Waals surface area contributed by atoms with Crippen LogP contribution in [0.2, 0.25) is 0 Å². The maximum absolute atomic E-state index is 12.7. The highest BCUT2D eigenvalue weighted by Crippen LogP contribution is 2.27. The van der Waals surface area contributed by atoms with Crippen molar-refractivity contribution in [3.8, 4) is 5.69 Å². The van der Waals surface area contributed by atoms with Gasteiger partial charge in [0.05, 0.1) is 5.69 Å². The van der Waals surface area contributed by atoms with Crippen molar-refractivity contribution in [2.75, 3.05) is 6.54 Å². The number of nitrogens with zero attached hydrogens (tertiary/aromatic N) is 3. The lowest BCUT2D eigenvalue weighted by Crippen LogP contribution is -2.26. The number of nitrogens with one attached hydrogen (secondary N) is 2. The first kappa shape index (κ1) is 19.4. The van der Waals surface area contributed by atoms with Crippen molar-refractivity contribution in [3.05, 3.63) is 46.8 Å². The molecule has 1 aromatic carbocycles. The van der Waals surface area contributed by atoms with Crippen molar-refractivity contribution >= 4 is 17.9 Å². The van der Waals surface area contributed by atoms with Gasteiger partial charge in [-0.1, -0.05) is 17.2 Å². The first-order chi connectivity index (χ1) is 14.2. The van der Waals surface area contributed by atoms with E-state index in [4.69, 9.17) is 0 Å². The molecule has 4 rings (SSSR count). The van der Waals surface area contributed by atoms with Crippen LogP contribution in [-0.2, 0) is 0 Å². The van der Waals surface area contributed by atoms with E-state index >= 15 is 0 Å². The van der Waals surface area contributed by atoms with Crippen molar-refractivity contribution in [3.63, 3.8) is 0 Å². The molecule has 152 valence electrons. The summed E-state index contributed by atoms with van der Waals surface area (Å²) in [5.74, 6) is -0.271. The molecule has 29 heavy (non-hydrogen) atoms. The quantitative estimate of drug-likeness (QED) is 0.788. The zero-order chi connectivity index (χ0) is 20.2. The molecule has 0 bridgehead atoms. The first-order valence-corrected chi connectivity index (χ1v) is 10.5. The summed E-state index contributed by atoms with van der Waals surface area (Å²) in [6.07, 6.45) is 9.84. The lowest BCUT2D eigenvalue weighted by atomic mass is 9.94. The van der Waals surface area contributed by atoms with Crippen LogP contribution in [0.3, 0.4) is 0 Å². The van der Waals surface area contributed by atoms with Gasteiger partial charge in [0.15, 0.2) is 5.69 Å². The monoisotopic (exact) mass is 393 g/mol. The van der Waals surface area contributed by atoms with Gasteiger partial charge in [0, 0.05) is 18.2 Å². The molecular formula is C22H27N5O2. The largest absolute Gasteiger partial charge is 0.352 e. The van der Waals surface area contributed by atoms with Gasteiger partial charge in [-0.05, 0) is 75.8 Å². The Kier molecular flexibility index (Phi) is 5.74. The zero-order valence-corrected chi connectivity index (χ0v) is 16.8. The Morgan fingerprint density at radius 3 is 2.48 bits per heavy atom. The molecule has 2 saturated carbocycles. The second-order valence-corrected chi connectivity index (χ2v) is 7.75. The number of amides is 2. The fourth-order valence-corrected chi connectivity index (χ4v) is 3.61. The molecule has 7 heteroatoms. The summed E-state index contributed by atoms with van der Waals surface area (Å²) in [5, 5.41) is 14.3. The molecule has 2 amide bonds. The van der Waals surface area contributed by atoms with Crippen LogP contribution in [0.4, 0.5) is 0 Å². The minimum absolute atomic E-state index is 0.105. The predicted molar refractivity (Wildman–Crippen MR) is 111 cm³/mol. The van der Waals surface area contributed by atoms with E-state index in [0.717, 1.165) is 31.4 Å². The molecule has 2 aromatic rings. The summed E-state index contributed by atoms with van der Waals surface area (Å²) >= 11 is 0. The van der Waals surface area contributed by atoms with Crippen LogP contribution in [0.25, 0.3) is 11.8 Å². The standard InChI is InChI=1S/C22H27N5O2/c1-2-23-21(28)16-8-12-18(13-9-16)27-19(14-15-6-4-3-5-7-15)20(25-26-27)22(29)24-17-10-11-17/h8-9,12-14,17H,2-7,10-11H2,1H3,(H,23,28)(H,24,29). The average Bonchev–Trinajstić information content (AvgIpc) is 3.46. The molecule has 7 nitrogen and oxygen atoms in total. The van der Waals surface area contributed by atoms with Gasteiger partial charge < -0.3 is 10.6 Å². The molecule has 0 spiro atoms. The second-order valence-electron chi connectivity index (χ2n) is 7.75. The van der Waals surface area contributed by atoms with Crippen LogP contribution in [-0.4, -0.2) is 39.4 Å². The Morgan fingerprint density at radius 2 is 1.83 bits per heavy atom. The summed E-state index contributed by atoms with van der Waals surface area (Å²) < 4.78 is 1.70. The Bertz CT molecular complexity index is 917. The van der Waals surface area contributed by atoms with Crippen molar-refractivity contribution < 1.29 is 9.59 Å². The lowest BCUT2D eigenvalue weighted by molar-refractivity contribution is 0.0941. The summed E-state index contributed by atoms with van der Waals surface area (Å²) in [5.41, 5.74) is 3.78. The topological polar surface area (TPSA) is 88.9 Å². The summed E-state index contributed by atoms with van der Waals surface area (Å²) in [6, 6.07) is 7.47. The van der Waals surface area contributed by atoms with Crippen molar-refractivity contribution in [1.82, 2.24) is 25.6 Å². The molecule has 2 aliphatic carbocycles. The minimum Gasteiger partial charge on any atom is -0.352 e. The Morgan fingerprint density at radius 1 is 1.10 bits per heavy atom. The fraction of sp³-hybridized carbons (Fsp3) is 0.455. The van der Waals surface area contributed by atoms with E-state index in [1.54, 1.807) is 16.8 Å². The van der Waals surface area contributed by atoms with Gasteiger partial charge in [-0.2, -0.15) is 0 Å². The molecule has 0 aliphatic heterocycles. The van der Waals surface area contributed by atoms with E-state index in [2.05, 4.69) is 27.0 Å². The third-order valence-corrected chi connectivity index (χ3v) is 5.38. The molecule has 0 atom stereocenters. The molecule has 2 N–H and O–H groups in total. The highest BCUT2D eigenvalue weighted by molar-refractivity contribution is 5.96. The lowest BCUT2D eigenvalue weighted by Gasteiger charge is -2.14. The normalized spacial score (nSPS) is 16.4. The number of aromatic nitrogens is 3. The summed E-state index contributed by atoms with van der Waals surface area (Å²) in [4.78, 5) is 24.7. The molecule has 0 saturated heterocycles. The van der Waals surface area contributed by atoms with Crippen molar-refractivity contribution in [1.29, 1.82) is 0 Å². The first-order valence-electron chi connectivity index (χ1n) is 10.5. The van der Waals surface area contributed by atoms with Crippen molar-refractivity contribution in [2.45, 2.75) is 57.9 Å². The highest BCUT2D eigenvalue weighted by atomic mass is 16.2. The van der Waals surface area contributed by atoms with Gasteiger partial charge in [-0.25, -0.2) is 4.68 Å². The smallest absolute Gasteiger partial charge is 0.274 e. The van der Waals surface area contributed by atoms with E-state index in [1.807, 2.05) is 19.1 Å². The van der Waals surface area contributed by atoms with Crippen LogP contribution < -0.4 is 10.6 Å². The van der Waals surface area contributed by atoms with Crippen LogP contribution in [0.1, 0.15) is 78.4 Å². The maximum atomic E-state index is 12.7. The number of hydrogen-bond acceptors (Lipinski definition) is 4. The zero-order valence-electron chi connectivity index (χ0n) is 16.8. The summed E-state index contributed by atoms with van der Waals surface area (Å²) in [6.45, 7) is 2.47. The number of carbonyl (C=O) groups excluding carboxylic acids is 2. The number of rotatable bonds is 6. The number of allylic oxidation sites excluding steroid dienone is 1. The van der Waals surface area contributed by atoms with Gasteiger partial charge >= 0.3 is 0 Å². The molecule has 1 heterocycles. The highest BCUT2D eigenvalue weighted by Gasteiger charge is 2.27. The third kappa shape index (κ3) is 4.55. The molecule has 2 aliphatic rings. The third-order valence-electron chi connectivity index (χ3n) is 5.38. The Balaban J connectivity index is 1.67. The predicted octanol–water partition coefficient (Wildman–Crippen LogP) is 3.26. The number of benzene rings is 1. The van der Waals surface area contributed by atoms with E-state index in [9.17, 15) is 9.59 Å². The van der Waals surface area contributed by atoms with Crippen LogP contribution in [0.15, 0.2) is 29.8 Å². The minimum atomic E-state index is -0.166. The van der Waals surface area contributed by atoms with Gasteiger partial charge in [-0.3, -0.25) is 9.59 Å².